The lowest BCUT2D eigenvalue weighted by molar-refractivity contribution is -0.129. The van der Waals surface area contributed by atoms with Crippen molar-refractivity contribution in [2.75, 3.05) is 20.8 Å². The van der Waals surface area contributed by atoms with Gasteiger partial charge in [-0.15, -0.1) is 0 Å². The van der Waals surface area contributed by atoms with Gasteiger partial charge < -0.3 is 4.90 Å². The third-order valence-electron chi connectivity index (χ3n) is 1.83. The van der Waals surface area contributed by atoms with E-state index in [0.29, 0.717) is 6.67 Å². The molecule has 1 rings (SSSR count). The van der Waals surface area contributed by atoms with E-state index in [1.807, 2.05) is 0 Å². The smallest absolute Gasteiger partial charge is 0.358 e. The minimum absolute atomic E-state index is 0.279. The van der Waals surface area contributed by atoms with E-state index in [2.05, 4.69) is 5.43 Å². The number of allylic oxidation sites excluding steroid dienone is 1. The van der Waals surface area contributed by atoms with Crippen LogP contribution in [0.1, 0.15) is 6.42 Å². The zero-order valence-corrected chi connectivity index (χ0v) is 7.52. The number of hydrogen-bond acceptors (Lipinski definition) is 3. The number of nitrogens with one attached hydrogen (secondary N) is 1. The lowest BCUT2D eigenvalue weighted by atomic mass is 10.3. The lowest BCUT2D eigenvalue weighted by Gasteiger charge is -2.18. The topological polar surface area (TPSA) is 18.5 Å². The highest BCUT2D eigenvalue weighted by Gasteiger charge is 2.32. The van der Waals surface area contributed by atoms with Crippen molar-refractivity contribution in [1.29, 1.82) is 0 Å². The van der Waals surface area contributed by atoms with E-state index in [1.165, 1.54) is 6.20 Å². The van der Waals surface area contributed by atoms with Gasteiger partial charge in [-0.3, -0.25) is 5.01 Å². The summed E-state index contributed by atoms with van der Waals surface area (Å²) in [5.74, 6) is 0. The van der Waals surface area contributed by atoms with Crippen molar-refractivity contribution in [1.82, 2.24) is 15.3 Å². The fraction of sp³-hybridized carbons (Fsp3) is 0.714. The van der Waals surface area contributed by atoms with Crippen molar-refractivity contribution < 1.29 is 13.2 Å². The predicted molar refractivity (Wildman–Crippen MR) is 42.3 cm³/mol. The van der Waals surface area contributed by atoms with E-state index in [4.69, 9.17) is 0 Å². The van der Waals surface area contributed by atoms with Crippen LogP contribution >= 0.6 is 0 Å². The van der Waals surface area contributed by atoms with Gasteiger partial charge in [0, 0.05) is 26.0 Å². The van der Waals surface area contributed by atoms with Crippen LogP contribution in [0.4, 0.5) is 13.2 Å². The first-order valence-corrected chi connectivity index (χ1v) is 3.85. The van der Waals surface area contributed by atoms with Gasteiger partial charge in [0.25, 0.3) is 0 Å². The SMILES string of the molecule is CNN1C=C(CC(F)(F)F)N(C)C1. The van der Waals surface area contributed by atoms with E-state index >= 15 is 0 Å². The van der Waals surface area contributed by atoms with E-state index < -0.39 is 12.6 Å². The van der Waals surface area contributed by atoms with Gasteiger partial charge in [0.2, 0.25) is 0 Å². The first-order valence-electron chi connectivity index (χ1n) is 3.85. The van der Waals surface area contributed by atoms with Crippen LogP contribution in [0, 0.1) is 0 Å². The van der Waals surface area contributed by atoms with E-state index in [-0.39, 0.29) is 5.70 Å². The van der Waals surface area contributed by atoms with Crippen molar-refractivity contribution >= 4 is 0 Å². The summed E-state index contributed by atoms with van der Waals surface area (Å²) in [6, 6.07) is 0. The minimum atomic E-state index is -4.14. The number of nitrogens with zero attached hydrogens (tertiary/aromatic N) is 2. The fourth-order valence-corrected chi connectivity index (χ4v) is 1.16. The Hall–Kier alpha value is -0.910. The molecule has 0 atom stereocenters. The zero-order chi connectivity index (χ0) is 10.1. The molecular formula is C7H12F3N3. The minimum Gasteiger partial charge on any atom is -0.358 e. The normalized spacial score (nSPS) is 18.1. The predicted octanol–water partition coefficient (Wildman–Crippen LogP) is 1.12. The highest BCUT2D eigenvalue weighted by atomic mass is 19.4. The zero-order valence-electron chi connectivity index (χ0n) is 7.52. The van der Waals surface area contributed by atoms with Gasteiger partial charge >= 0.3 is 6.18 Å². The van der Waals surface area contributed by atoms with Gasteiger partial charge in [0.05, 0.1) is 6.42 Å². The highest BCUT2D eigenvalue weighted by molar-refractivity contribution is 5.05. The average molecular weight is 195 g/mol. The number of alkyl halides is 3. The first kappa shape index (κ1) is 10.2. The summed E-state index contributed by atoms with van der Waals surface area (Å²) in [5.41, 5.74) is 3.04. The van der Waals surface area contributed by atoms with Crippen molar-refractivity contribution in [2.45, 2.75) is 12.6 Å². The highest BCUT2D eigenvalue weighted by Crippen LogP contribution is 2.27. The van der Waals surface area contributed by atoms with Crippen molar-refractivity contribution in [3.63, 3.8) is 0 Å². The summed E-state index contributed by atoms with van der Waals surface area (Å²) in [7, 11) is 3.30. The van der Waals surface area contributed by atoms with Crippen LogP contribution in [0.5, 0.6) is 0 Å². The van der Waals surface area contributed by atoms with Gasteiger partial charge in [-0.2, -0.15) is 13.2 Å². The number of rotatable bonds is 2. The molecule has 6 heteroatoms. The van der Waals surface area contributed by atoms with Crippen LogP contribution in [-0.2, 0) is 0 Å². The number of halogens is 3. The first-order chi connectivity index (χ1) is 5.92. The molecular weight excluding hydrogens is 183 g/mol. The Morgan fingerprint density at radius 2 is 2.15 bits per heavy atom. The molecule has 0 radical (unpaired) electrons. The molecule has 3 nitrogen and oxygen atoms in total. The van der Waals surface area contributed by atoms with E-state index in [9.17, 15) is 13.2 Å². The molecule has 0 spiro atoms. The van der Waals surface area contributed by atoms with Crippen LogP contribution in [-0.4, -0.2) is 36.8 Å². The van der Waals surface area contributed by atoms with Gasteiger partial charge in [-0.25, -0.2) is 5.43 Å². The Balaban J connectivity index is 2.59. The molecule has 1 N–H and O–H groups in total. The molecule has 0 aromatic heterocycles. The molecule has 0 saturated heterocycles. The largest absolute Gasteiger partial charge is 0.394 e. The van der Waals surface area contributed by atoms with Crippen LogP contribution in [0.2, 0.25) is 0 Å². The number of hydrogen-bond donors (Lipinski definition) is 1. The standard InChI is InChI=1S/C7H12F3N3/c1-11-13-4-6(12(2)5-13)3-7(8,9)10/h4,11H,3,5H2,1-2H3. The Kier molecular flexibility index (Phi) is 2.70. The molecule has 1 aliphatic rings. The maximum absolute atomic E-state index is 12.0. The summed E-state index contributed by atoms with van der Waals surface area (Å²) >= 11 is 0. The Labute approximate surface area is 74.8 Å². The van der Waals surface area contributed by atoms with Gasteiger partial charge in [-0.1, -0.05) is 0 Å². The van der Waals surface area contributed by atoms with Gasteiger partial charge in [-0.05, 0) is 0 Å². The third kappa shape index (κ3) is 2.80. The summed E-state index contributed by atoms with van der Waals surface area (Å²) in [6.07, 6.45) is -3.54. The summed E-state index contributed by atoms with van der Waals surface area (Å²) in [4.78, 5) is 1.56. The van der Waals surface area contributed by atoms with Crippen LogP contribution in [0.3, 0.4) is 0 Å². The molecule has 0 amide bonds. The van der Waals surface area contributed by atoms with E-state index in [1.54, 1.807) is 24.0 Å². The second-order valence-electron chi connectivity index (χ2n) is 2.95. The average Bonchev–Trinajstić information content (AvgIpc) is 2.29. The fourth-order valence-electron chi connectivity index (χ4n) is 1.16. The molecule has 0 aromatic rings. The lowest BCUT2D eigenvalue weighted by Crippen LogP contribution is -2.32. The van der Waals surface area contributed by atoms with Gasteiger partial charge in [0.1, 0.15) is 6.67 Å². The van der Waals surface area contributed by atoms with E-state index in [0.717, 1.165) is 0 Å². The molecule has 0 unspecified atom stereocenters. The maximum atomic E-state index is 12.0. The molecule has 76 valence electrons. The van der Waals surface area contributed by atoms with Crippen molar-refractivity contribution in [3.8, 4) is 0 Å². The molecule has 0 fully saturated rings. The van der Waals surface area contributed by atoms with Crippen LogP contribution in [0.15, 0.2) is 11.9 Å². The van der Waals surface area contributed by atoms with Gasteiger partial charge in [0.15, 0.2) is 0 Å². The second kappa shape index (κ2) is 3.45. The molecule has 0 saturated carbocycles. The monoisotopic (exact) mass is 195 g/mol. The molecule has 0 aromatic carbocycles. The Bertz CT molecular complexity index is 212. The molecule has 13 heavy (non-hydrogen) atoms. The number of hydrazine groups is 1. The van der Waals surface area contributed by atoms with Crippen LogP contribution < -0.4 is 5.43 Å². The van der Waals surface area contributed by atoms with Crippen LogP contribution in [0.25, 0.3) is 0 Å². The second-order valence-corrected chi connectivity index (χ2v) is 2.95. The summed E-state index contributed by atoms with van der Waals surface area (Å²) < 4.78 is 36.0. The molecule has 0 aliphatic carbocycles. The molecule has 0 bridgehead atoms. The molecule has 1 aliphatic heterocycles. The summed E-state index contributed by atoms with van der Waals surface area (Å²) in [5, 5.41) is 1.60. The van der Waals surface area contributed by atoms with Crippen molar-refractivity contribution in [3.05, 3.63) is 11.9 Å². The van der Waals surface area contributed by atoms with Crippen molar-refractivity contribution in [2.24, 2.45) is 0 Å². The third-order valence-corrected chi connectivity index (χ3v) is 1.83. The maximum Gasteiger partial charge on any atom is 0.394 e. The Morgan fingerprint density at radius 1 is 1.54 bits per heavy atom. The quantitative estimate of drug-likeness (QED) is 0.712. The molecule has 1 heterocycles. The Morgan fingerprint density at radius 3 is 2.54 bits per heavy atom. The summed E-state index contributed by atoms with van der Waals surface area (Å²) in [6.45, 7) is 0.446.